The highest BCUT2D eigenvalue weighted by molar-refractivity contribution is 5.62. The van der Waals surface area contributed by atoms with Gasteiger partial charge in [0.2, 0.25) is 0 Å². The summed E-state index contributed by atoms with van der Waals surface area (Å²) in [5, 5.41) is 3.80. The highest BCUT2D eigenvalue weighted by Crippen LogP contribution is 2.28. The molecule has 0 bridgehead atoms. The fourth-order valence-corrected chi connectivity index (χ4v) is 1.38. The molecule has 2 rings (SSSR count). The second kappa shape index (κ2) is 2.97. The van der Waals surface area contributed by atoms with Crippen LogP contribution in [-0.2, 0) is 4.84 Å². The molecule has 12 heavy (non-hydrogen) atoms. The molecule has 1 aromatic rings. The molecule has 0 saturated heterocycles. The molecule has 1 heterocycles. The van der Waals surface area contributed by atoms with Crippen molar-refractivity contribution in [3.05, 3.63) is 35.9 Å². The first-order chi connectivity index (χ1) is 5.88. The van der Waals surface area contributed by atoms with E-state index in [1.807, 2.05) is 24.4 Å². The van der Waals surface area contributed by atoms with Gasteiger partial charge < -0.3 is 4.84 Å². The van der Waals surface area contributed by atoms with Crippen LogP contribution in [0, 0.1) is 5.92 Å². The molecular weight excluding hydrogens is 150 g/mol. The predicted molar refractivity (Wildman–Crippen MR) is 47.9 cm³/mol. The van der Waals surface area contributed by atoms with Crippen LogP contribution in [0.3, 0.4) is 0 Å². The number of nitrogens with zero attached hydrogens (tertiary/aromatic N) is 1. The molecule has 0 unspecified atom stereocenters. The van der Waals surface area contributed by atoms with Crippen molar-refractivity contribution in [2.45, 2.75) is 13.0 Å². The van der Waals surface area contributed by atoms with Gasteiger partial charge >= 0.3 is 0 Å². The van der Waals surface area contributed by atoms with E-state index in [9.17, 15) is 0 Å². The SMILES string of the molecule is C[C@H]1C=NO[C@H]1c1ccccc1. The zero-order valence-corrected chi connectivity index (χ0v) is 6.97. The van der Waals surface area contributed by atoms with Crippen molar-refractivity contribution in [2.24, 2.45) is 11.1 Å². The van der Waals surface area contributed by atoms with Gasteiger partial charge in [-0.15, -0.1) is 0 Å². The fraction of sp³-hybridized carbons (Fsp3) is 0.300. The van der Waals surface area contributed by atoms with Gasteiger partial charge in [0.05, 0.1) is 6.21 Å². The summed E-state index contributed by atoms with van der Waals surface area (Å²) >= 11 is 0. The molecule has 0 spiro atoms. The maximum absolute atomic E-state index is 5.22. The molecule has 1 aliphatic rings. The Balaban J connectivity index is 2.22. The standard InChI is InChI=1S/C10H11NO/c1-8-7-11-12-10(8)9-5-3-2-4-6-9/h2-8,10H,1H3/t8-,10+/m0/s1. The average molecular weight is 161 g/mol. The lowest BCUT2D eigenvalue weighted by molar-refractivity contribution is 0.0653. The van der Waals surface area contributed by atoms with Crippen molar-refractivity contribution in [3.8, 4) is 0 Å². The minimum atomic E-state index is 0.117. The Hall–Kier alpha value is -1.31. The summed E-state index contributed by atoms with van der Waals surface area (Å²) in [5.41, 5.74) is 1.20. The number of hydrogen-bond donors (Lipinski definition) is 0. The first kappa shape index (κ1) is 7.35. The second-order valence-electron chi connectivity index (χ2n) is 3.05. The number of benzene rings is 1. The molecule has 0 fully saturated rings. The average Bonchev–Trinajstić information content (AvgIpc) is 2.53. The van der Waals surface area contributed by atoms with Crippen LogP contribution >= 0.6 is 0 Å². The smallest absolute Gasteiger partial charge is 0.160 e. The molecule has 0 aromatic heterocycles. The minimum Gasteiger partial charge on any atom is -0.387 e. The van der Waals surface area contributed by atoms with E-state index in [1.165, 1.54) is 5.56 Å². The van der Waals surface area contributed by atoms with Crippen LogP contribution in [0.4, 0.5) is 0 Å². The molecule has 1 aromatic carbocycles. The molecule has 62 valence electrons. The first-order valence-corrected chi connectivity index (χ1v) is 4.12. The van der Waals surface area contributed by atoms with E-state index in [4.69, 9.17) is 4.84 Å². The molecule has 0 aliphatic carbocycles. The van der Waals surface area contributed by atoms with Gasteiger partial charge in [-0.3, -0.25) is 0 Å². The molecule has 0 amide bonds. The highest BCUT2D eigenvalue weighted by atomic mass is 16.6. The van der Waals surface area contributed by atoms with E-state index in [1.54, 1.807) is 0 Å². The maximum atomic E-state index is 5.22. The monoisotopic (exact) mass is 161 g/mol. The highest BCUT2D eigenvalue weighted by Gasteiger charge is 2.23. The third-order valence-corrected chi connectivity index (χ3v) is 2.08. The lowest BCUT2D eigenvalue weighted by Gasteiger charge is -2.12. The van der Waals surface area contributed by atoms with Gasteiger partial charge in [0.1, 0.15) is 0 Å². The summed E-state index contributed by atoms with van der Waals surface area (Å²) < 4.78 is 0. The summed E-state index contributed by atoms with van der Waals surface area (Å²) in [6.07, 6.45) is 1.96. The van der Waals surface area contributed by atoms with Crippen LogP contribution in [0.2, 0.25) is 0 Å². The minimum absolute atomic E-state index is 0.117. The third-order valence-electron chi connectivity index (χ3n) is 2.08. The Morgan fingerprint density at radius 3 is 2.58 bits per heavy atom. The number of oxime groups is 1. The van der Waals surface area contributed by atoms with Gasteiger partial charge in [0.15, 0.2) is 6.10 Å². The van der Waals surface area contributed by atoms with E-state index in [0.29, 0.717) is 5.92 Å². The van der Waals surface area contributed by atoms with Crippen LogP contribution in [0.5, 0.6) is 0 Å². The number of rotatable bonds is 1. The molecule has 0 saturated carbocycles. The summed E-state index contributed by atoms with van der Waals surface area (Å²) in [5.74, 6) is 0.382. The van der Waals surface area contributed by atoms with E-state index >= 15 is 0 Å². The zero-order chi connectivity index (χ0) is 8.39. The van der Waals surface area contributed by atoms with Gasteiger partial charge in [-0.2, -0.15) is 0 Å². The number of hydrogen-bond acceptors (Lipinski definition) is 2. The zero-order valence-electron chi connectivity index (χ0n) is 6.97. The molecule has 1 aliphatic heterocycles. The topological polar surface area (TPSA) is 21.6 Å². The third kappa shape index (κ3) is 1.20. The molecule has 2 nitrogen and oxygen atoms in total. The first-order valence-electron chi connectivity index (χ1n) is 4.12. The van der Waals surface area contributed by atoms with E-state index in [2.05, 4.69) is 24.2 Å². The quantitative estimate of drug-likeness (QED) is 0.619. The Bertz CT molecular complexity index is 281. The van der Waals surface area contributed by atoms with Crippen LogP contribution in [0.15, 0.2) is 35.5 Å². The van der Waals surface area contributed by atoms with Gasteiger partial charge in [0, 0.05) is 5.92 Å². The molecule has 0 N–H and O–H groups in total. The maximum Gasteiger partial charge on any atom is 0.160 e. The lowest BCUT2D eigenvalue weighted by atomic mass is 9.99. The van der Waals surface area contributed by atoms with Crippen LogP contribution < -0.4 is 0 Å². The van der Waals surface area contributed by atoms with Crippen molar-refractivity contribution in [2.75, 3.05) is 0 Å². The molecule has 0 radical (unpaired) electrons. The Kier molecular flexibility index (Phi) is 1.82. The largest absolute Gasteiger partial charge is 0.387 e. The van der Waals surface area contributed by atoms with Crippen molar-refractivity contribution >= 4 is 6.21 Å². The Labute approximate surface area is 71.8 Å². The lowest BCUT2D eigenvalue weighted by Crippen LogP contribution is -2.05. The van der Waals surface area contributed by atoms with E-state index < -0.39 is 0 Å². The van der Waals surface area contributed by atoms with E-state index in [0.717, 1.165) is 0 Å². The van der Waals surface area contributed by atoms with Crippen LogP contribution in [0.25, 0.3) is 0 Å². The predicted octanol–water partition coefficient (Wildman–Crippen LogP) is 2.38. The summed E-state index contributed by atoms with van der Waals surface area (Å²) in [7, 11) is 0. The van der Waals surface area contributed by atoms with Gasteiger partial charge in [-0.05, 0) is 5.56 Å². The Morgan fingerprint density at radius 2 is 2.00 bits per heavy atom. The normalized spacial score (nSPS) is 27.1. The van der Waals surface area contributed by atoms with Gasteiger partial charge in [0.25, 0.3) is 0 Å². The summed E-state index contributed by atoms with van der Waals surface area (Å²) in [4.78, 5) is 5.22. The van der Waals surface area contributed by atoms with Crippen LogP contribution in [-0.4, -0.2) is 6.21 Å². The summed E-state index contributed by atoms with van der Waals surface area (Å²) in [6.45, 7) is 2.11. The van der Waals surface area contributed by atoms with Gasteiger partial charge in [-0.25, -0.2) is 0 Å². The van der Waals surface area contributed by atoms with Crippen LogP contribution in [0.1, 0.15) is 18.6 Å². The molecule has 2 heteroatoms. The fourth-order valence-electron chi connectivity index (χ4n) is 1.38. The second-order valence-corrected chi connectivity index (χ2v) is 3.05. The molecule has 2 atom stereocenters. The van der Waals surface area contributed by atoms with Crippen molar-refractivity contribution in [1.82, 2.24) is 0 Å². The summed E-state index contributed by atoms with van der Waals surface area (Å²) in [6, 6.07) is 10.2. The Morgan fingerprint density at radius 1 is 1.25 bits per heavy atom. The van der Waals surface area contributed by atoms with Crippen molar-refractivity contribution < 1.29 is 4.84 Å². The van der Waals surface area contributed by atoms with Gasteiger partial charge in [-0.1, -0.05) is 42.4 Å². The van der Waals surface area contributed by atoms with Crippen molar-refractivity contribution in [1.29, 1.82) is 0 Å². The van der Waals surface area contributed by atoms with E-state index in [-0.39, 0.29) is 6.10 Å². The van der Waals surface area contributed by atoms with Crippen molar-refractivity contribution in [3.63, 3.8) is 0 Å². The molecular formula is C10H11NO.